The van der Waals surface area contributed by atoms with Gasteiger partial charge in [-0.3, -0.25) is 0 Å². The first-order valence-corrected chi connectivity index (χ1v) is 10.9. The zero-order valence-corrected chi connectivity index (χ0v) is 18.7. The van der Waals surface area contributed by atoms with Gasteiger partial charge in [-0.05, 0) is 12.1 Å². The van der Waals surface area contributed by atoms with E-state index in [2.05, 4.69) is 10.3 Å². The second-order valence-corrected chi connectivity index (χ2v) is 8.40. The van der Waals surface area contributed by atoms with Crippen LogP contribution in [0.3, 0.4) is 0 Å². The molecule has 1 N–H and O–H groups in total. The van der Waals surface area contributed by atoms with Gasteiger partial charge in [0.05, 0.1) is 24.9 Å². The lowest BCUT2D eigenvalue weighted by molar-refractivity contribution is -0.314. The molecule has 178 valence electrons. The maximum Gasteiger partial charge on any atom is 0.337 e. The zero-order valence-electron chi connectivity index (χ0n) is 18.0. The monoisotopic (exact) mass is 489 g/mol. The number of halogens is 2. The van der Waals surface area contributed by atoms with Crippen LogP contribution in [0.1, 0.15) is 17.9 Å². The van der Waals surface area contributed by atoms with E-state index in [-0.39, 0.29) is 11.6 Å². The topological polar surface area (TPSA) is 105 Å². The Morgan fingerprint density at radius 1 is 1.24 bits per heavy atom. The van der Waals surface area contributed by atoms with Gasteiger partial charge in [0.25, 0.3) is 0 Å². The number of methoxy groups -OCH3 is 1. The molecule has 0 radical (unpaired) electrons. The highest BCUT2D eigenvalue weighted by atomic mass is 35.5. The molecule has 9 nitrogen and oxygen atoms in total. The summed E-state index contributed by atoms with van der Waals surface area (Å²) >= 11 is 5.78. The highest BCUT2D eigenvalue weighted by Gasteiger charge is 2.53. The van der Waals surface area contributed by atoms with Gasteiger partial charge in [-0.15, -0.1) is 5.10 Å². The first kappa shape index (κ1) is 22.9. The number of hydrogen-bond donors (Lipinski definition) is 1. The van der Waals surface area contributed by atoms with Crippen LogP contribution < -0.4 is 0 Å². The second kappa shape index (κ2) is 9.40. The van der Waals surface area contributed by atoms with Crippen LogP contribution in [0.4, 0.5) is 4.39 Å². The molecule has 1 unspecified atom stereocenters. The fourth-order valence-electron chi connectivity index (χ4n) is 4.22. The lowest BCUT2D eigenvalue weighted by Gasteiger charge is -2.47. The number of carbonyl (C=O) groups is 1. The summed E-state index contributed by atoms with van der Waals surface area (Å²) in [6, 6.07) is 12.7. The lowest BCUT2D eigenvalue weighted by atomic mass is 9.91. The van der Waals surface area contributed by atoms with Crippen molar-refractivity contribution in [2.75, 3.05) is 13.7 Å². The smallest absolute Gasteiger partial charge is 0.337 e. The highest BCUT2D eigenvalue weighted by Crippen LogP contribution is 2.39. The van der Waals surface area contributed by atoms with Crippen molar-refractivity contribution in [2.45, 2.75) is 36.7 Å². The number of aromatic nitrogens is 3. The van der Waals surface area contributed by atoms with E-state index in [1.807, 2.05) is 30.3 Å². The Morgan fingerprint density at radius 3 is 2.76 bits per heavy atom. The van der Waals surface area contributed by atoms with Crippen molar-refractivity contribution in [3.63, 3.8) is 0 Å². The lowest BCUT2D eigenvalue weighted by Crippen LogP contribution is -2.61. The first-order chi connectivity index (χ1) is 16.5. The average molecular weight is 490 g/mol. The highest BCUT2D eigenvalue weighted by molar-refractivity contribution is 6.30. The number of aliphatic hydroxyl groups is 1. The minimum atomic E-state index is -1.36. The summed E-state index contributed by atoms with van der Waals surface area (Å²) in [6.45, 7) is 0.116. The third-order valence-corrected chi connectivity index (χ3v) is 6.22. The molecule has 0 aliphatic carbocycles. The molecule has 6 atom stereocenters. The molecule has 34 heavy (non-hydrogen) atoms. The van der Waals surface area contributed by atoms with Gasteiger partial charge in [0, 0.05) is 11.1 Å². The predicted molar refractivity (Wildman–Crippen MR) is 116 cm³/mol. The summed E-state index contributed by atoms with van der Waals surface area (Å²) in [6.07, 6.45) is -3.21. The van der Waals surface area contributed by atoms with Gasteiger partial charge < -0.3 is 24.1 Å². The minimum Gasteiger partial charge on any atom is -0.467 e. The molecule has 3 aromatic rings. The van der Waals surface area contributed by atoms with Gasteiger partial charge in [0.1, 0.15) is 35.9 Å². The molecule has 2 aromatic carbocycles. The number of nitrogens with zero attached hydrogens (tertiary/aromatic N) is 3. The minimum absolute atomic E-state index is 0.0117. The molecular formula is C23H21ClFN3O6. The van der Waals surface area contributed by atoms with Crippen molar-refractivity contribution in [3.05, 3.63) is 71.1 Å². The number of fused-ring (bicyclic) bond motifs is 1. The van der Waals surface area contributed by atoms with Crippen LogP contribution in [-0.2, 0) is 23.7 Å². The molecule has 2 fully saturated rings. The van der Waals surface area contributed by atoms with E-state index in [0.29, 0.717) is 11.3 Å². The van der Waals surface area contributed by atoms with E-state index < -0.39 is 48.5 Å². The van der Waals surface area contributed by atoms with E-state index in [9.17, 15) is 14.3 Å². The van der Waals surface area contributed by atoms with Crippen molar-refractivity contribution in [1.29, 1.82) is 0 Å². The number of carbonyl (C=O) groups excluding carboxylic acids is 1. The van der Waals surface area contributed by atoms with E-state index in [1.54, 1.807) is 12.3 Å². The van der Waals surface area contributed by atoms with Crippen LogP contribution in [0.2, 0.25) is 5.02 Å². The molecule has 3 heterocycles. The summed E-state index contributed by atoms with van der Waals surface area (Å²) in [5.74, 6) is -1.33. The molecule has 2 aliphatic heterocycles. The van der Waals surface area contributed by atoms with E-state index in [4.69, 9.17) is 30.5 Å². The molecule has 5 rings (SSSR count). The zero-order chi connectivity index (χ0) is 23.8. The molecule has 1 aromatic heterocycles. The number of rotatable bonds is 4. The third kappa shape index (κ3) is 4.19. The molecule has 11 heteroatoms. The fraction of sp³-hybridized carbons (Fsp3) is 0.348. The van der Waals surface area contributed by atoms with E-state index in [1.165, 1.54) is 23.9 Å². The van der Waals surface area contributed by atoms with Crippen molar-refractivity contribution in [3.8, 4) is 11.3 Å². The van der Waals surface area contributed by atoms with Crippen LogP contribution in [0.15, 0.2) is 54.7 Å². The summed E-state index contributed by atoms with van der Waals surface area (Å²) in [7, 11) is 1.21. The Morgan fingerprint density at radius 2 is 2.03 bits per heavy atom. The van der Waals surface area contributed by atoms with Crippen LogP contribution >= 0.6 is 11.6 Å². The maximum absolute atomic E-state index is 14.0. The summed E-state index contributed by atoms with van der Waals surface area (Å²) < 4.78 is 38.0. The van der Waals surface area contributed by atoms with Gasteiger partial charge >= 0.3 is 5.97 Å². The Bertz CT molecular complexity index is 1180. The molecular weight excluding hydrogens is 469 g/mol. The standard InChI is InChI=1S/C23H21ClFN3O6/c1-31-22(30)21-19(29)18(28-10-16(26-27-28)13-7-8-14(24)15(25)9-13)20-17(33-21)11-32-23(34-20)12-5-3-2-4-6-12/h2-10,17-21,23,29H,11H2,1H3/t17-,18-,19-,20+,21-,23?/m1/s1. The Balaban J connectivity index is 1.49. The number of ether oxygens (including phenoxy) is 4. The van der Waals surface area contributed by atoms with Gasteiger partial charge in [0.15, 0.2) is 12.4 Å². The van der Waals surface area contributed by atoms with Crippen LogP contribution in [0.5, 0.6) is 0 Å². The predicted octanol–water partition coefficient (Wildman–Crippen LogP) is 2.69. The van der Waals surface area contributed by atoms with Gasteiger partial charge in [-0.1, -0.05) is 53.2 Å². The third-order valence-electron chi connectivity index (χ3n) is 5.91. The number of benzene rings is 2. The molecule has 0 saturated carbocycles. The number of esters is 1. The Kier molecular flexibility index (Phi) is 6.32. The fourth-order valence-corrected chi connectivity index (χ4v) is 4.34. The number of aliphatic hydroxyl groups excluding tert-OH is 1. The summed E-state index contributed by atoms with van der Waals surface area (Å²) in [5.41, 5.74) is 1.60. The largest absolute Gasteiger partial charge is 0.467 e. The molecule has 0 amide bonds. The average Bonchev–Trinajstić information content (AvgIpc) is 3.34. The SMILES string of the molecule is COC(=O)[C@@H]1O[C@@H]2COC(c3ccccc3)O[C@@H]2[C@H](n2cc(-c3ccc(Cl)c(F)c3)nn2)[C@H]1O. The van der Waals surface area contributed by atoms with Crippen LogP contribution in [0.25, 0.3) is 11.3 Å². The quantitative estimate of drug-likeness (QED) is 0.558. The van der Waals surface area contributed by atoms with Crippen LogP contribution in [0, 0.1) is 5.82 Å². The normalized spacial score (nSPS) is 28.8. The van der Waals surface area contributed by atoms with Crippen molar-refractivity contribution in [2.24, 2.45) is 0 Å². The molecule has 2 aliphatic rings. The summed E-state index contributed by atoms with van der Waals surface area (Å²) in [4.78, 5) is 12.3. The van der Waals surface area contributed by atoms with Gasteiger partial charge in [-0.25, -0.2) is 13.9 Å². The number of hydrogen-bond acceptors (Lipinski definition) is 8. The molecule has 2 saturated heterocycles. The Hall–Kier alpha value is -2.89. The van der Waals surface area contributed by atoms with Gasteiger partial charge in [-0.2, -0.15) is 0 Å². The van der Waals surface area contributed by atoms with Gasteiger partial charge in [0.2, 0.25) is 0 Å². The first-order valence-electron chi connectivity index (χ1n) is 10.6. The van der Waals surface area contributed by atoms with Crippen molar-refractivity contribution < 1.29 is 33.2 Å². The van der Waals surface area contributed by atoms with Crippen molar-refractivity contribution >= 4 is 17.6 Å². The maximum atomic E-state index is 14.0. The molecule has 0 spiro atoms. The van der Waals surface area contributed by atoms with Crippen molar-refractivity contribution in [1.82, 2.24) is 15.0 Å². The Labute approximate surface area is 198 Å². The molecule has 0 bridgehead atoms. The summed E-state index contributed by atoms with van der Waals surface area (Å²) in [5, 5.41) is 19.4. The van der Waals surface area contributed by atoms with Crippen LogP contribution in [-0.4, -0.2) is 64.2 Å². The second-order valence-electron chi connectivity index (χ2n) is 7.99. The van der Waals surface area contributed by atoms with E-state index in [0.717, 1.165) is 5.56 Å². The van der Waals surface area contributed by atoms with E-state index >= 15 is 0 Å².